The maximum atomic E-state index is 14.7. The van der Waals surface area contributed by atoms with Crippen LogP contribution in [-0.4, -0.2) is 273 Å². The zero-order chi connectivity index (χ0) is 82.7. The largest absolute Gasteiger partial charge is 0.480 e. The number of carboxylic acids is 3. The van der Waals surface area contributed by atoms with Crippen LogP contribution in [0.15, 0.2) is 97.6 Å². The van der Waals surface area contributed by atoms with Crippen molar-refractivity contribution in [3.8, 4) is 0 Å². The average molecular weight is 1580 g/mol. The van der Waals surface area contributed by atoms with Gasteiger partial charge in [0.1, 0.15) is 49.5 Å². The zero-order valence-corrected chi connectivity index (χ0v) is 65.1. The molecular formula is C77H110N18O18. The molecule has 0 saturated carbocycles. The van der Waals surface area contributed by atoms with E-state index >= 15 is 0 Å². The molecule has 5 aromatic rings. The van der Waals surface area contributed by atoms with Crippen LogP contribution in [0.5, 0.6) is 0 Å². The first kappa shape index (κ1) is 90.7. The van der Waals surface area contributed by atoms with Crippen LogP contribution in [0.25, 0.3) is 10.9 Å². The number of aromatic amines is 2. The number of amides is 11. The fourth-order valence-electron chi connectivity index (χ4n) is 12.7. The molecule has 36 heteroatoms. The number of ether oxygens (including phenoxy) is 1. The molecule has 1 fully saturated rings. The third kappa shape index (κ3) is 33.7. The summed E-state index contributed by atoms with van der Waals surface area (Å²) in [6.45, 7) is 11.8. The van der Waals surface area contributed by atoms with Gasteiger partial charge in [0, 0.05) is 125 Å². The monoisotopic (exact) mass is 1570 g/mol. The number of rotatable bonds is 44. The lowest BCUT2D eigenvalue weighted by Gasteiger charge is -2.32. The molecular weight excluding hydrogens is 1460 g/mol. The van der Waals surface area contributed by atoms with Crippen molar-refractivity contribution in [3.63, 3.8) is 0 Å². The van der Waals surface area contributed by atoms with Gasteiger partial charge in [-0.05, 0) is 78.8 Å². The molecule has 36 nitrogen and oxygen atoms in total. The van der Waals surface area contributed by atoms with Crippen molar-refractivity contribution in [3.05, 3.63) is 120 Å². The number of hydrogen-bond acceptors (Lipinski definition) is 20. The molecule has 17 N–H and O–H groups in total. The topological polar surface area (TPSA) is 513 Å². The van der Waals surface area contributed by atoms with E-state index in [1.165, 1.54) is 19.4 Å². The van der Waals surface area contributed by atoms with Gasteiger partial charge in [0.2, 0.25) is 65.0 Å². The number of aromatic nitrogens is 3. The number of primary amides is 1. The molecule has 3 heterocycles. The van der Waals surface area contributed by atoms with E-state index < -0.39 is 145 Å². The normalized spacial score (nSPS) is 15.0. The number of carbonyl (C=O) groups excluding carboxylic acids is 11. The summed E-state index contributed by atoms with van der Waals surface area (Å²) in [5, 5.41) is 56.4. The van der Waals surface area contributed by atoms with Crippen LogP contribution in [0.4, 0.5) is 5.69 Å². The second-order valence-electron chi connectivity index (χ2n) is 29.3. The van der Waals surface area contributed by atoms with E-state index in [1.807, 2.05) is 0 Å². The molecule has 6 atom stereocenters. The summed E-state index contributed by atoms with van der Waals surface area (Å²) >= 11 is 0. The number of para-hydroxylation sites is 1. The Kier molecular flexibility index (Phi) is 37.4. The van der Waals surface area contributed by atoms with Gasteiger partial charge in [0.15, 0.2) is 0 Å². The van der Waals surface area contributed by atoms with Gasteiger partial charge in [-0.15, -0.1) is 0 Å². The molecule has 3 aromatic carbocycles. The number of hydrogen-bond donors (Lipinski definition) is 16. The van der Waals surface area contributed by atoms with E-state index in [2.05, 4.69) is 95.8 Å². The summed E-state index contributed by atoms with van der Waals surface area (Å²) < 4.78 is 5.47. The standard InChI is InChI=1S/C77H110N18O18/c1-47(2)31-55(32-48(3)4)86-75(110)62(35-56-38-79-46-83-56)87-64(97)39-82-77(112)71(49(5)6)91-72(107)50(7)84-74(109)61(34-53-37-80-58-16-12-11-15-57(53)58)90-73(108)59(21-22-63(78)96)89-76(111)60(33-51-13-9-8-10-14-51)88-67(100)45-113-44-66(99)85-54-19-17-52(18-20-54)36-81-65(98)40-92-23-25-93(41-68(101)102)27-29-95(43-70(105)106)30-28-94(26-24-92)42-69(103)104/h8-20,37-38,46-50,55,59-62,71,80H,21-36,39-45H2,1-7H3,(H2,78,96)(H,79,83)(H,81,98)(H,82,112)(H,84,109)(H,85,99)(H,86,110)(H,87,97)(H,88,100)(H,89,111)(H,90,108)(H,91,107)(H,101,102)(H,103,104)(H,105,106)/t50-,59-,60+,61?,62-,71-/m0/s1. The summed E-state index contributed by atoms with van der Waals surface area (Å²) in [4.78, 5) is 203. The number of benzene rings is 3. The van der Waals surface area contributed by atoms with E-state index in [0.29, 0.717) is 51.8 Å². The van der Waals surface area contributed by atoms with Crippen molar-refractivity contribution in [1.29, 1.82) is 0 Å². The number of nitrogens with two attached hydrogens (primary N) is 1. The average Bonchev–Trinajstić information content (AvgIpc) is 1.70. The number of nitrogens with zero attached hydrogens (tertiary/aromatic N) is 5. The van der Waals surface area contributed by atoms with E-state index in [0.717, 1.165) is 0 Å². The number of anilines is 1. The minimum Gasteiger partial charge on any atom is -0.480 e. The predicted octanol–water partition coefficient (Wildman–Crippen LogP) is -0.791. The highest BCUT2D eigenvalue weighted by atomic mass is 16.5. The van der Waals surface area contributed by atoms with Crippen LogP contribution < -0.4 is 58.9 Å². The Morgan fingerprint density at radius 1 is 0.496 bits per heavy atom. The van der Waals surface area contributed by atoms with Gasteiger partial charge in [-0.3, -0.25) is 86.7 Å². The summed E-state index contributed by atoms with van der Waals surface area (Å²) in [5.41, 5.74) is 8.98. The minimum atomic E-state index is -1.57. The van der Waals surface area contributed by atoms with E-state index in [4.69, 9.17) is 10.5 Å². The first-order valence-corrected chi connectivity index (χ1v) is 37.8. The Morgan fingerprint density at radius 3 is 1.57 bits per heavy atom. The molecule has 1 aliphatic heterocycles. The van der Waals surface area contributed by atoms with E-state index in [1.54, 1.807) is 119 Å². The van der Waals surface area contributed by atoms with Gasteiger partial charge in [-0.2, -0.15) is 0 Å². The predicted molar refractivity (Wildman–Crippen MR) is 415 cm³/mol. The Balaban J connectivity index is 1.05. The maximum Gasteiger partial charge on any atom is 0.317 e. The first-order chi connectivity index (χ1) is 53.7. The molecule has 0 radical (unpaired) electrons. The minimum absolute atomic E-state index is 0.0763. The van der Waals surface area contributed by atoms with Crippen molar-refractivity contribution < 1.29 is 87.2 Å². The number of H-pyrrole nitrogens is 2. The Bertz CT molecular complexity index is 3950. The van der Waals surface area contributed by atoms with Gasteiger partial charge in [-0.1, -0.05) is 102 Å². The Labute approximate surface area is 655 Å². The molecule has 0 aliphatic carbocycles. The maximum absolute atomic E-state index is 14.7. The van der Waals surface area contributed by atoms with Crippen LogP contribution in [0.1, 0.15) is 96.5 Å². The van der Waals surface area contributed by atoms with Crippen LogP contribution >= 0.6 is 0 Å². The fourth-order valence-corrected chi connectivity index (χ4v) is 12.7. The zero-order valence-electron chi connectivity index (χ0n) is 65.1. The molecule has 1 saturated heterocycles. The fraction of sp³-hybridized carbons (Fsp3) is 0.519. The number of carbonyl (C=O) groups is 14. The summed E-state index contributed by atoms with van der Waals surface area (Å²) in [6.07, 6.45) is 5.01. The Hall–Kier alpha value is -11.2. The van der Waals surface area contributed by atoms with Crippen LogP contribution in [-0.2, 0) is 97.7 Å². The molecule has 1 aliphatic rings. The third-order valence-electron chi connectivity index (χ3n) is 18.5. The van der Waals surface area contributed by atoms with Gasteiger partial charge >= 0.3 is 17.9 Å². The lowest BCUT2D eigenvalue weighted by Crippen LogP contribution is -2.60. The quantitative estimate of drug-likeness (QED) is 0.0227. The SMILES string of the molecule is CC(C)CC(CC(C)C)NC(=O)[C@H](Cc1cnc[nH]1)NC(=O)CNC(=O)[C@@H](NC(=O)[C@H](C)NC(=O)C(Cc1c[nH]c2ccccc12)NC(=O)[C@H](CCC(N)=O)NC(=O)[C@@H](Cc1ccccc1)NC(=O)COCC(=O)Nc1ccc(CNC(=O)CN2CCN(CC(=O)O)CCN(CC(=O)O)CCN(CC(=O)O)CC2)cc1)C(C)C. The van der Waals surface area contributed by atoms with Gasteiger partial charge in [-0.25, -0.2) is 4.98 Å². The Morgan fingerprint density at radius 2 is 1.01 bits per heavy atom. The number of aliphatic carboxylic acids is 3. The summed E-state index contributed by atoms with van der Waals surface area (Å²) in [5.74, 6) is -11.3. The number of carboxylic acid groups (broad SMARTS) is 3. The highest BCUT2D eigenvalue weighted by molar-refractivity contribution is 5.98. The van der Waals surface area contributed by atoms with Crippen molar-refractivity contribution in [2.75, 3.05) is 104 Å². The molecule has 0 bridgehead atoms. The first-order valence-electron chi connectivity index (χ1n) is 37.8. The lowest BCUT2D eigenvalue weighted by molar-refractivity contribution is -0.140. The van der Waals surface area contributed by atoms with Crippen LogP contribution in [0, 0.1) is 17.8 Å². The van der Waals surface area contributed by atoms with Gasteiger partial charge in [0.25, 0.3) is 0 Å². The third-order valence-corrected chi connectivity index (χ3v) is 18.5. The van der Waals surface area contributed by atoms with Crippen molar-refractivity contribution in [2.45, 2.75) is 142 Å². The van der Waals surface area contributed by atoms with Crippen molar-refractivity contribution in [2.24, 2.45) is 23.5 Å². The molecule has 2 aromatic heterocycles. The molecule has 616 valence electrons. The van der Waals surface area contributed by atoms with E-state index in [9.17, 15) is 82.4 Å². The van der Waals surface area contributed by atoms with Crippen LogP contribution in [0.2, 0.25) is 0 Å². The number of nitrogens with one attached hydrogen (secondary N) is 12. The van der Waals surface area contributed by atoms with E-state index in [-0.39, 0.29) is 135 Å². The lowest BCUT2D eigenvalue weighted by atomic mass is 9.95. The number of fused-ring (bicyclic) bond motifs is 1. The summed E-state index contributed by atoms with van der Waals surface area (Å²) in [6, 6.07) is 13.9. The van der Waals surface area contributed by atoms with Crippen molar-refractivity contribution in [1.82, 2.24) is 82.4 Å². The second-order valence-corrected chi connectivity index (χ2v) is 29.3. The highest BCUT2D eigenvalue weighted by Crippen LogP contribution is 2.21. The van der Waals surface area contributed by atoms with Crippen molar-refractivity contribution >= 4 is 99.5 Å². The number of imidazole rings is 1. The second kappa shape index (κ2) is 46.6. The molecule has 6 rings (SSSR count). The smallest absolute Gasteiger partial charge is 0.317 e. The molecule has 0 spiro atoms. The molecule has 1 unspecified atom stereocenters. The summed E-state index contributed by atoms with van der Waals surface area (Å²) in [7, 11) is 0. The molecule has 113 heavy (non-hydrogen) atoms. The highest BCUT2D eigenvalue weighted by Gasteiger charge is 2.35. The van der Waals surface area contributed by atoms with Gasteiger partial charge in [0.05, 0.1) is 39.1 Å². The molecule has 11 amide bonds. The van der Waals surface area contributed by atoms with Crippen LogP contribution in [0.3, 0.4) is 0 Å². The van der Waals surface area contributed by atoms with Gasteiger partial charge < -0.3 is 88.9 Å².